The van der Waals surface area contributed by atoms with Crippen molar-refractivity contribution in [1.82, 2.24) is 4.98 Å². The second kappa shape index (κ2) is 8.24. The molecule has 0 bridgehead atoms. The Morgan fingerprint density at radius 1 is 1.03 bits per heavy atom. The lowest BCUT2D eigenvalue weighted by Crippen LogP contribution is -2.22. The van der Waals surface area contributed by atoms with Crippen molar-refractivity contribution >= 4 is 44.3 Å². The fourth-order valence-electron chi connectivity index (χ4n) is 3.18. The number of carbonyl (C=O) groups excluding carboxylic acids is 1. The number of halogens is 1. The highest BCUT2D eigenvalue weighted by Gasteiger charge is 2.14. The average Bonchev–Trinajstić information content (AvgIpc) is 2.69. The van der Waals surface area contributed by atoms with E-state index in [2.05, 4.69) is 31.2 Å². The van der Waals surface area contributed by atoms with E-state index in [4.69, 9.17) is 4.42 Å². The molecule has 0 fully saturated rings. The first-order valence-electron chi connectivity index (χ1n) is 9.49. The van der Waals surface area contributed by atoms with E-state index in [-0.39, 0.29) is 11.5 Å². The molecule has 6 heteroatoms. The van der Waals surface area contributed by atoms with Gasteiger partial charge in [0.05, 0.1) is 5.69 Å². The van der Waals surface area contributed by atoms with Gasteiger partial charge in [0.25, 0.3) is 5.91 Å². The van der Waals surface area contributed by atoms with Gasteiger partial charge in [-0.25, -0.2) is 9.98 Å². The monoisotopic (exact) mass is 461 g/mol. The van der Waals surface area contributed by atoms with Gasteiger partial charge >= 0.3 is 0 Å². The summed E-state index contributed by atoms with van der Waals surface area (Å²) in [6.07, 6.45) is 0. The molecule has 0 radical (unpaired) electrons. The summed E-state index contributed by atoms with van der Waals surface area (Å²) < 4.78 is 6.95. The number of benzene rings is 2. The van der Waals surface area contributed by atoms with Crippen LogP contribution in [0, 0.1) is 20.8 Å². The van der Waals surface area contributed by atoms with E-state index >= 15 is 0 Å². The smallest absolute Gasteiger partial charge is 0.262 e. The number of fused-ring (bicyclic) bond motifs is 1. The van der Waals surface area contributed by atoms with Gasteiger partial charge in [-0.1, -0.05) is 39.7 Å². The van der Waals surface area contributed by atoms with Gasteiger partial charge in [-0.3, -0.25) is 4.79 Å². The van der Waals surface area contributed by atoms with E-state index in [0.29, 0.717) is 17.0 Å². The first kappa shape index (κ1) is 20.0. The van der Waals surface area contributed by atoms with Crippen LogP contribution in [0.3, 0.4) is 0 Å². The topological polar surface area (TPSA) is 67.5 Å². The Kier molecular flexibility index (Phi) is 5.50. The maximum atomic E-state index is 13.1. The van der Waals surface area contributed by atoms with E-state index in [1.54, 1.807) is 12.1 Å². The van der Waals surface area contributed by atoms with E-state index < -0.39 is 0 Å². The predicted octanol–water partition coefficient (Wildman–Crippen LogP) is 6.00. The third-order valence-corrected chi connectivity index (χ3v) is 5.15. The lowest BCUT2D eigenvalue weighted by atomic mass is 10.1. The van der Waals surface area contributed by atoms with Crippen LogP contribution in [0.25, 0.3) is 11.0 Å². The van der Waals surface area contributed by atoms with Crippen molar-refractivity contribution in [2.24, 2.45) is 4.99 Å². The summed E-state index contributed by atoms with van der Waals surface area (Å²) >= 11 is 3.47. The molecule has 30 heavy (non-hydrogen) atoms. The number of hydrogen-bond donors (Lipinski definition) is 1. The zero-order valence-corrected chi connectivity index (χ0v) is 18.4. The molecule has 2 aromatic carbocycles. The van der Waals surface area contributed by atoms with Gasteiger partial charge in [0.1, 0.15) is 17.0 Å². The Balaban J connectivity index is 1.88. The van der Waals surface area contributed by atoms with Crippen LogP contribution < -0.4 is 10.9 Å². The Labute approximate surface area is 182 Å². The minimum atomic E-state index is -0.331. The number of aromatic nitrogens is 1. The third kappa shape index (κ3) is 4.33. The van der Waals surface area contributed by atoms with Crippen molar-refractivity contribution in [2.45, 2.75) is 20.8 Å². The largest absolute Gasteiger partial charge is 0.438 e. The minimum absolute atomic E-state index is 0.252. The quantitative estimate of drug-likeness (QED) is 0.406. The molecule has 2 aromatic heterocycles. The standard InChI is InChI=1S/C24H20BrN3O2/c1-14-7-9-20(15(2)11-14)27-24-19(13-17-12-18(25)8-10-21(17)30-24)23(29)28-22-6-4-5-16(3)26-22/h4-13H,1-3H3,(H,26,28,29). The van der Waals surface area contributed by atoms with Crippen molar-refractivity contribution in [1.29, 1.82) is 0 Å². The number of anilines is 1. The summed E-state index contributed by atoms with van der Waals surface area (Å²) in [6, 6.07) is 18.9. The van der Waals surface area contributed by atoms with Gasteiger partial charge in [0.2, 0.25) is 5.55 Å². The van der Waals surface area contributed by atoms with Crippen LogP contribution in [0.1, 0.15) is 27.2 Å². The van der Waals surface area contributed by atoms with Gasteiger partial charge in [-0.2, -0.15) is 0 Å². The van der Waals surface area contributed by atoms with Gasteiger partial charge < -0.3 is 9.73 Å². The fraction of sp³-hybridized carbons (Fsp3) is 0.125. The zero-order valence-electron chi connectivity index (χ0n) is 16.9. The second-order valence-electron chi connectivity index (χ2n) is 7.17. The summed E-state index contributed by atoms with van der Waals surface area (Å²) in [5.74, 6) is 0.147. The second-order valence-corrected chi connectivity index (χ2v) is 8.08. The lowest BCUT2D eigenvalue weighted by molar-refractivity contribution is 0.102. The van der Waals surface area contributed by atoms with Crippen molar-refractivity contribution in [3.05, 3.63) is 93.1 Å². The number of carbonyl (C=O) groups is 1. The van der Waals surface area contributed by atoms with Crippen LogP contribution in [-0.2, 0) is 0 Å². The molecule has 0 saturated carbocycles. The highest BCUT2D eigenvalue weighted by Crippen LogP contribution is 2.22. The Hall–Kier alpha value is -3.25. The molecule has 4 rings (SSSR count). The fourth-order valence-corrected chi connectivity index (χ4v) is 3.56. The molecule has 0 unspecified atom stereocenters. The van der Waals surface area contributed by atoms with E-state index in [1.807, 2.05) is 69.3 Å². The first-order valence-corrected chi connectivity index (χ1v) is 10.3. The summed E-state index contributed by atoms with van der Waals surface area (Å²) in [4.78, 5) is 22.1. The van der Waals surface area contributed by atoms with Crippen LogP contribution >= 0.6 is 15.9 Å². The Morgan fingerprint density at radius 3 is 2.63 bits per heavy atom. The molecular weight excluding hydrogens is 442 g/mol. The molecule has 2 heterocycles. The lowest BCUT2D eigenvalue weighted by Gasteiger charge is -2.08. The first-order chi connectivity index (χ1) is 14.4. The number of aryl methyl sites for hydroxylation is 3. The molecular formula is C24H20BrN3O2. The van der Waals surface area contributed by atoms with Gasteiger partial charge in [-0.05, 0) is 68.8 Å². The highest BCUT2D eigenvalue weighted by atomic mass is 79.9. The van der Waals surface area contributed by atoms with E-state index in [1.165, 1.54) is 0 Å². The maximum Gasteiger partial charge on any atom is 0.262 e. The number of rotatable bonds is 3. The van der Waals surface area contributed by atoms with Gasteiger partial charge in [0.15, 0.2) is 0 Å². The molecule has 5 nitrogen and oxygen atoms in total. The number of hydrogen-bond acceptors (Lipinski definition) is 4. The molecule has 0 saturated heterocycles. The van der Waals surface area contributed by atoms with Crippen molar-refractivity contribution in [2.75, 3.05) is 5.32 Å². The highest BCUT2D eigenvalue weighted by molar-refractivity contribution is 9.10. The molecule has 4 aromatic rings. The van der Waals surface area contributed by atoms with Crippen LogP contribution in [0.4, 0.5) is 11.5 Å². The molecule has 1 N–H and O–H groups in total. The minimum Gasteiger partial charge on any atom is -0.438 e. The normalized spacial score (nSPS) is 11.7. The van der Waals surface area contributed by atoms with Crippen LogP contribution in [0.15, 0.2) is 74.5 Å². The summed E-state index contributed by atoms with van der Waals surface area (Å²) in [6.45, 7) is 5.89. The molecule has 0 aliphatic heterocycles. The van der Waals surface area contributed by atoms with Crippen LogP contribution in [0.5, 0.6) is 0 Å². The van der Waals surface area contributed by atoms with Gasteiger partial charge in [0, 0.05) is 15.6 Å². The maximum absolute atomic E-state index is 13.1. The molecule has 0 aliphatic rings. The molecule has 0 aliphatic carbocycles. The van der Waals surface area contributed by atoms with E-state index in [0.717, 1.165) is 32.4 Å². The average molecular weight is 462 g/mol. The number of nitrogens with one attached hydrogen (secondary N) is 1. The summed E-state index contributed by atoms with van der Waals surface area (Å²) in [7, 11) is 0. The van der Waals surface area contributed by atoms with E-state index in [9.17, 15) is 4.79 Å². The Bertz CT molecular complexity index is 1340. The zero-order chi connectivity index (χ0) is 21.3. The molecule has 150 valence electrons. The van der Waals surface area contributed by atoms with Crippen molar-refractivity contribution < 1.29 is 9.21 Å². The SMILES string of the molecule is Cc1ccc(N=c2oc3ccc(Br)cc3cc2C(=O)Nc2cccc(C)n2)c(C)c1. The van der Waals surface area contributed by atoms with Crippen LogP contribution in [0.2, 0.25) is 0 Å². The van der Waals surface area contributed by atoms with Gasteiger partial charge in [-0.15, -0.1) is 0 Å². The molecule has 0 spiro atoms. The number of nitrogens with zero attached hydrogens (tertiary/aromatic N) is 2. The summed E-state index contributed by atoms with van der Waals surface area (Å²) in [5, 5.41) is 3.64. The Morgan fingerprint density at radius 2 is 1.87 bits per heavy atom. The predicted molar refractivity (Wildman–Crippen MR) is 122 cm³/mol. The number of pyridine rings is 1. The third-order valence-electron chi connectivity index (χ3n) is 4.66. The van der Waals surface area contributed by atoms with Crippen LogP contribution in [-0.4, -0.2) is 10.9 Å². The molecule has 1 amide bonds. The summed E-state index contributed by atoms with van der Waals surface area (Å²) in [5.41, 5.74) is 4.96. The van der Waals surface area contributed by atoms with Crippen molar-refractivity contribution in [3.8, 4) is 0 Å². The number of amides is 1. The van der Waals surface area contributed by atoms with Crippen molar-refractivity contribution in [3.63, 3.8) is 0 Å². The molecule has 0 atom stereocenters.